The third-order valence-electron chi connectivity index (χ3n) is 5.18. The van der Waals surface area contributed by atoms with E-state index in [9.17, 15) is 14.0 Å². The van der Waals surface area contributed by atoms with Gasteiger partial charge < -0.3 is 15.1 Å². The Kier molecular flexibility index (Phi) is 7.04. The molecule has 0 aliphatic carbocycles. The molecule has 1 unspecified atom stereocenters. The van der Waals surface area contributed by atoms with Crippen LogP contribution >= 0.6 is 0 Å². The minimum Gasteiger partial charge on any atom is -0.382 e. The van der Waals surface area contributed by atoms with Crippen molar-refractivity contribution < 1.29 is 18.8 Å². The number of nitrogens with one attached hydrogen (secondary N) is 1. The van der Waals surface area contributed by atoms with E-state index >= 15 is 0 Å². The molecule has 3 aromatic rings. The van der Waals surface area contributed by atoms with Crippen LogP contribution in [-0.2, 0) is 27.5 Å². The fourth-order valence-electron chi connectivity index (χ4n) is 3.50. The lowest BCUT2D eigenvalue weighted by Gasteiger charge is -2.24. The molecule has 0 saturated heterocycles. The van der Waals surface area contributed by atoms with Crippen molar-refractivity contribution in [2.24, 2.45) is 5.16 Å². The molecule has 4 rings (SSSR count). The third kappa shape index (κ3) is 5.79. The fourth-order valence-corrected chi connectivity index (χ4v) is 3.50. The van der Waals surface area contributed by atoms with Gasteiger partial charge in [-0.15, -0.1) is 0 Å². The molecule has 1 aliphatic heterocycles. The minimum atomic E-state index is -0.924. The third-order valence-corrected chi connectivity index (χ3v) is 5.18. The molecule has 0 radical (unpaired) electrons. The van der Waals surface area contributed by atoms with Gasteiger partial charge in [-0.1, -0.05) is 59.8 Å². The Morgan fingerprint density at radius 3 is 2.55 bits per heavy atom. The molecule has 8 heteroatoms. The first kappa shape index (κ1) is 22.1. The summed E-state index contributed by atoms with van der Waals surface area (Å²) in [6.07, 6.45) is 0.852. The summed E-state index contributed by atoms with van der Waals surface area (Å²) in [5.41, 5.74) is 2.26. The summed E-state index contributed by atoms with van der Waals surface area (Å²) < 4.78 is 14.1. The van der Waals surface area contributed by atoms with E-state index in [2.05, 4.69) is 15.5 Å². The second kappa shape index (κ2) is 10.5. The van der Waals surface area contributed by atoms with Crippen LogP contribution in [0.5, 0.6) is 0 Å². The van der Waals surface area contributed by atoms with Gasteiger partial charge in [0.1, 0.15) is 12.4 Å². The number of oxime groups is 1. The van der Waals surface area contributed by atoms with E-state index in [0.717, 1.165) is 5.56 Å². The Balaban J connectivity index is 1.43. The van der Waals surface area contributed by atoms with Crippen molar-refractivity contribution >= 4 is 17.5 Å². The van der Waals surface area contributed by atoms with Gasteiger partial charge in [-0.2, -0.15) is 0 Å². The van der Waals surface area contributed by atoms with E-state index in [1.54, 1.807) is 36.5 Å². The van der Waals surface area contributed by atoms with Crippen molar-refractivity contribution in [2.45, 2.75) is 25.6 Å². The summed E-state index contributed by atoms with van der Waals surface area (Å²) in [4.78, 5) is 36.8. The molecule has 1 atom stereocenters. The van der Waals surface area contributed by atoms with Crippen LogP contribution in [-0.4, -0.2) is 40.1 Å². The number of aromatic nitrogens is 1. The SMILES string of the molecule is O=C(CN(Cc1ccccc1)C(=O)C1CC(c2ccccc2F)=NO1)NCc1ccccn1. The second-order valence-corrected chi connectivity index (χ2v) is 7.59. The van der Waals surface area contributed by atoms with Gasteiger partial charge in [-0.25, -0.2) is 4.39 Å². The Labute approximate surface area is 190 Å². The van der Waals surface area contributed by atoms with Crippen LogP contribution in [0.25, 0.3) is 0 Å². The van der Waals surface area contributed by atoms with Gasteiger partial charge in [-0.3, -0.25) is 14.6 Å². The molecular weight excluding hydrogens is 423 g/mol. The fraction of sp³-hybridized carbons (Fsp3) is 0.200. The van der Waals surface area contributed by atoms with Crippen LogP contribution < -0.4 is 5.32 Å². The molecule has 7 nitrogen and oxygen atoms in total. The lowest BCUT2D eigenvalue weighted by Crippen LogP contribution is -2.44. The molecule has 0 fully saturated rings. The predicted molar refractivity (Wildman–Crippen MR) is 120 cm³/mol. The summed E-state index contributed by atoms with van der Waals surface area (Å²) in [6.45, 7) is 0.328. The number of pyridine rings is 1. The molecule has 2 aromatic carbocycles. The quantitative estimate of drug-likeness (QED) is 0.577. The molecule has 1 aliphatic rings. The molecule has 0 bridgehead atoms. The van der Waals surface area contributed by atoms with Crippen LogP contribution in [0.15, 0.2) is 84.1 Å². The van der Waals surface area contributed by atoms with Crippen molar-refractivity contribution in [2.75, 3.05) is 6.54 Å². The highest BCUT2D eigenvalue weighted by Gasteiger charge is 2.34. The van der Waals surface area contributed by atoms with Crippen molar-refractivity contribution in [1.82, 2.24) is 15.2 Å². The molecular formula is C25H23FN4O3. The van der Waals surface area contributed by atoms with Gasteiger partial charge in [0.2, 0.25) is 12.0 Å². The van der Waals surface area contributed by atoms with E-state index < -0.39 is 11.9 Å². The van der Waals surface area contributed by atoms with E-state index in [4.69, 9.17) is 4.84 Å². The lowest BCUT2D eigenvalue weighted by molar-refractivity contribution is -0.145. The zero-order valence-electron chi connectivity index (χ0n) is 17.9. The first-order valence-electron chi connectivity index (χ1n) is 10.6. The highest BCUT2D eigenvalue weighted by molar-refractivity contribution is 6.04. The minimum absolute atomic E-state index is 0.126. The highest BCUT2D eigenvalue weighted by Crippen LogP contribution is 2.21. The number of hydrogen-bond donors (Lipinski definition) is 1. The summed E-state index contributed by atoms with van der Waals surface area (Å²) in [5.74, 6) is -1.14. The Hall–Kier alpha value is -4.07. The largest absolute Gasteiger partial charge is 0.382 e. The summed E-state index contributed by atoms with van der Waals surface area (Å²) in [6, 6.07) is 21.0. The molecule has 1 N–H and O–H groups in total. The predicted octanol–water partition coefficient (Wildman–Crippen LogP) is 3.06. The molecule has 2 heterocycles. The van der Waals surface area contributed by atoms with E-state index in [-0.39, 0.29) is 37.9 Å². The maximum absolute atomic E-state index is 14.1. The van der Waals surface area contributed by atoms with Crippen molar-refractivity contribution in [3.63, 3.8) is 0 Å². The van der Waals surface area contributed by atoms with Gasteiger partial charge in [0.25, 0.3) is 5.91 Å². The number of benzene rings is 2. The standard InChI is InChI=1S/C25H23FN4O3/c26-21-12-5-4-11-20(21)22-14-23(33-29-22)25(32)30(16-18-8-2-1-3-9-18)17-24(31)28-15-19-10-6-7-13-27-19/h1-13,23H,14-17H2,(H,28,31). The van der Waals surface area contributed by atoms with Gasteiger partial charge in [0.15, 0.2) is 0 Å². The Morgan fingerprint density at radius 2 is 1.79 bits per heavy atom. The molecule has 33 heavy (non-hydrogen) atoms. The van der Waals surface area contributed by atoms with Crippen molar-refractivity contribution in [3.05, 3.63) is 102 Å². The lowest BCUT2D eigenvalue weighted by atomic mass is 10.0. The summed E-state index contributed by atoms with van der Waals surface area (Å²) >= 11 is 0. The molecule has 168 valence electrons. The van der Waals surface area contributed by atoms with Gasteiger partial charge in [0, 0.05) is 24.7 Å². The topological polar surface area (TPSA) is 83.9 Å². The molecule has 0 spiro atoms. The first-order chi connectivity index (χ1) is 16.1. The van der Waals surface area contributed by atoms with Gasteiger partial charge in [-0.05, 0) is 23.8 Å². The second-order valence-electron chi connectivity index (χ2n) is 7.59. The smallest absolute Gasteiger partial charge is 0.267 e. The Bertz CT molecular complexity index is 1140. The van der Waals surface area contributed by atoms with Crippen molar-refractivity contribution in [1.29, 1.82) is 0 Å². The van der Waals surface area contributed by atoms with E-state index in [0.29, 0.717) is 17.0 Å². The number of nitrogens with zero attached hydrogens (tertiary/aromatic N) is 3. The molecule has 2 amide bonds. The molecule has 1 aromatic heterocycles. The molecule has 0 saturated carbocycles. The Morgan fingerprint density at radius 1 is 1.03 bits per heavy atom. The highest BCUT2D eigenvalue weighted by atomic mass is 19.1. The van der Waals surface area contributed by atoms with Crippen LogP contribution in [0.1, 0.15) is 23.2 Å². The van der Waals surface area contributed by atoms with Gasteiger partial charge >= 0.3 is 0 Å². The average molecular weight is 446 g/mol. The average Bonchev–Trinajstić information content (AvgIpc) is 3.33. The van der Waals surface area contributed by atoms with E-state index in [1.165, 1.54) is 11.0 Å². The zero-order chi connectivity index (χ0) is 23.0. The number of halogens is 1. The maximum atomic E-state index is 14.1. The summed E-state index contributed by atoms with van der Waals surface area (Å²) in [5, 5.41) is 6.72. The van der Waals surface area contributed by atoms with Crippen LogP contribution in [0.3, 0.4) is 0 Å². The monoisotopic (exact) mass is 446 g/mol. The number of carbonyl (C=O) groups is 2. The zero-order valence-corrected chi connectivity index (χ0v) is 17.9. The van der Waals surface area contributed by atoms with Crippen molar-refractivity contribution in [3.8, 4) is 0 Å². The van der Waals surface area contributed by atoms with Crippen LogP contribution in [0.2, 0.25) is 0 Å². The number of carbonyl (C=O) groups excluding carboxylic acids is 2. The van der Waals surface area contributed by atoms with E-state index in [1.807, 2.05) is 36.4 Å². The first-order valence-corrected chi connectivity index (χ1v) is 10.6. The number of hydrogen-bond acceptors (Lipinski definition) is 5. The maximum Gasteiger partial charge on any atom is 0.267 e. The van der Waals surface area contributed by atoms with Gasteiger partial charge in [0.05, 0.1) is 18.0 Å². The van der Waals surface area contributed by atoms with Crippen LogP contribution in [0, 0.1) is 5.82 Å². The normalized spacial score (nSPS) is 14.8. The van der Waals surface area contributed by atoms with Crippen LogP contribution in [0.4, 0.5) is 4.39 Å². The number of amides is 2. The summed E-state index contributed by atoms with van der Waals surface area (Å²) in [7, 11) is 0. The number of rotatable bonds is 8.